The van der Waals surface area contributed by atoms with Crippen LogP contribution in [0, 0.1) is 0 Å². The van der Waals surface area contributed by atoms with E-state index in [0.717, 1.165) is 67.2 Å². The molecular formula is C38H23ClF3N. The molecule has 0 N–H and O–H groups in total. The molecule has 1 heterocycles. The quantitative estimate of drug-likeness (QED) is 0.200. The molecule has 0 aliphatic rings. The fourth-order valence-electron chi connectivity index (χ4n) is 5.56. The third-order valence-corrected chi connectivity index (χ3v) is 8.00. The zero-order valence-electron chi connectivity index (χ0n) is 22.7. The van der Waals surface area contributed by atoms with Crippen molar-refractivity contribution >= 4 is 33.3 Å². The molecule has 208 valence electrons. The summed E-state index contributed by atoms with van der Waals surface area (Å²) in [4.78, 5) is 4.60. The average Bonchev–Trinajstić information content (AvgIpc) is 3.03. The molecule has 0 aliphatic heterocycles. The second kappa shape index (κ2) is 10.7. The van der Waals surface area contributed by atoms with Gasteiger partial charge in [-0.05, 0) is 86.1 Å². The Kier molecular flexibility index (Phi) is 6.72. The Morgan fingerprint density at radius 1 is 0.465 bits per heavy atom. The van der Waals surface area contributed by atoms with Crippen molar-refractivity contribution in [2.75, 3.05) is 0 Å². The SMILES string of the molecule is FC(F)(F)c1cc(Cl)cc(-c2ccc(-c3ccc4ccc(-c5ccc(-c6cccc7cccnc67)cc5)cc4c3)cc2)c1. The summed E-state index contributed by atoms with van der Waals surface area (Å²) in [5.41, 5.74) is 7.78. The first kappa shape index (κ1) is 26.9. The number of alkyl halides is 3. The topological polar surface area (TPSA) is 12.9 Å². The highest BCUT2D eigenvalue weighted by Gasteiger charge is 2.31. The zero-order valence-corrected chi connectivity index (χ0v) is 23.5. The second-order valence-electron chi connectivity index (χ2n) is 10.5. The van der Waals surface area contributed by atoms with E-state index in [0.29, 0.717) is 11.1 Å². The molecule has 0 saturated heterocycles. The molecule has 0 fully saturated rings. The first-order valence-corrected chi connectivity index (χ1v) is 14.2. The minimum Gasteiger partial charge on any atom is -0.256 e. The number of rotatable bonds is 4. The van der Waals surface area contributed by atoms with Gasteiger partial charge in [0.2, 0.25) is 0 Å². The molecule has 0 spiro atoms. The predicted octanol–water partition coefficient (Wildman–Crippen LogP) is 11.7. The maximum Gasteiger partial charge on any atom is 0.416 e. The van der Waals surface area contributed by atoms with Crippen molar-refractivity contribution in [2.45, 2.75) is 6.18 Å². The minimum absolute atomic E-state index is 0.0550. The minimum atomic E-state index is -4.46. The first-order chi connectivity index (χ1) is 20.8. The van der Waals surface area contributed by atoms with Crippen molar-refractivity contribution in [3.8, 4) is 44.5 Å². The maximum atomic E-state index is 13.3. The van der Waals surface area contributed by atoms with Crippen LogP contribution >= 0.6 is 11.6 Å². The third-order valence-electron chi connectivity index (χ3n) is 7.78. The van der Waals surface area contributed by atoms with Crippen LogP contribution in [0.4, 0.5) is 13.2 Å². The number of hydrogen-bond donors (Lipinski definition) is 0. The number of aromatic nitrogens is 1. The van der Waals surface area contributed by atoms with Gasteiger partial charge < -0.3 is 0 Å². The summed E-state index contributed by atoms with van der Waals surface area (Å²) in [6.07, 6.45) is -2.63. The number of nitrogens with zero attached hydrogens (tertiary/aromatic N) is 1. The third kappa shape index (κ3) is 5.38. The highest BCUT2D eigenvalue weighted by atomic mass is 35.5. The number of fused-ring (bicyclic) bond motifs is 2. The summed E-state index contributed by atoms with van der Waals surface area (Å²) < 4.78 is 39.9. The van der Waals surface area contributed by atoms with Crippen LogP contribution in [0.1, 0.15) is 5.56 Å². The Bertz CT molecular complexity index is 2110. The summed E-state index contributed by atoms with van der Waals surface area (Å²) in [5.74, 6) is 0. The summed E-state index contributed by atoms with van der Waals surface area (Å²) >= 11 is 6.00. The Hall–Kier alpha value is -4.93. The lowest BCUT2D eigenvalue weighted by atomic mass is 9.95. The molecule has 0 atom stereocenters. The standard InChI is InChI=1S/C38H23ClF3N/c39-35-22-33(21-34(23-35)38(40,41)42)27-8-6-24(7-9-27)30-16-12-26-13-17-31(20-32(26)19-30)25-10-14-28(15-11-25)36-5-1-3-29-4-2-18-43-37(29)36/h1-23H. The van der Waals surface area contributed by atoms with Crippen LogP contribution in [0.25, 0.3) is 66.2 Å². The lowest BCUT2D eigenvalue weighted by Gasteiger charge is -2.11. The molecule has 0 amide bonds. The van der Waals surface area contributed by atoms with Gasteiger partial charge in [0.25, 0.3) is 0 Å². The van der Waals surface area contributed by atoms with Gasteiger partial charge in [0.05, 0.1) is 11.1 Å². The van der Waals surface area contributed by atoms with Crippen molar-refractivity contribution in [3.63, 3.8) is 0 Å². The molecular weight excluding hydrogens is 563 g/mol. The van der Waals surface area contributed by atoms with Crippen LogP contribution in [0.3, 0.4) is 0 Å². The van der Waals surface area contributed by atoms with Gasteiger partial charge in [0, 0.05) is 22.2 Å². The zero-order chi connectivity index (χ0) is 29.6. The van der Waals surface area contributed by atoms with Gasteiger partial charge in [-0.15, -0.1) is 0 Å². The molecule has 1 nitrogen and oxygen atoms in total. The molecule has 0 aliphatic carbocycles. The lowest BCUT2D eigenvalue weighted by molar-refractivity contribution is -0.137. The van der Waals surface area contributed by atoms with Crippen LogP contribution in [0.5, 0.6) is 0 Å². The number of halogens is 4. The van der Waals surface area contributed by atoms with E-state index in [1.165, 1.54) is 0 Å². The van der Waals surface area contributed by atoms with Crippen LogP contribution in [-0.2, 0) is 6.18 Å². The molecule has 6 aromatic carbocycles. The van der Waals surface area contributed by atoms with Gasteiger partial charge in [0.1, 0.15) is 0 Å². The second-order valence-corrected chi connectivity index (χ2v) is 11.0. The smallest absolute Gasteiger partial charge is 0.256 e. The van der Waals surface area contributed by atoms with Crippen molar-refractivity contribution in [1.29, 1.82) is 0 Å². The number of para-hydroxylation sites is 1. The Morgan fingerprint density at radius 3 is 1.65 bits per heavy atom. The highest BCUT2D eigenvalue weighted by molar-refractivity contribution is 6.31. The molecule has 0 unspecified atom stereocenters. The van der Waals surface area contributed by atoms with E-state index in [-0.39, 0.29) is 5.02 Å². The van der Waals surface area contributed by atoms with E-state index < -0.39 is 11.7 Å². The first-order valence-electron chi connectivity index (χ1n) is 13.8. The van der Waals surface area contributed by atoms with Crippen LogP contribution < -0.4 is 0 Å². The predicted molar refractivity (Wildman–Crippen MR) is 171 cm³/mol. The molecule has 0 saturated carbocycles. The molecule has 7 aromatic rings. The molecule has 1 aromatic heterocycles. The number of pyridine rings is 1. The Balaban J connectivity index is 1.18. The summed E-state index contributed by atoms with van der Waals surface area (Å²) in [6.45, 7) is 0. The van der Waals surface area contributed by atoms with Gasteiger partial charge in [-0.25, -0.2) is 0 Å². The van der Waals surface area contributed by atoms with Crippen molar-refractivity contribution in [2.24, 2.45) is 0 Å². The van der Waals surface area contributed by atoms with Crippen LogP contribution in [-0.4, -0.2) is 4.98 Å². The Morgan fingerprint density at radius 2 is 1.02 bits per heavy atom. The van der Waals surface area contributed by atoms with Crippen LogP contribution in [0.2, 0.25) is 5.02 Å². The van der Waals surface area contributed by atoms with E-state index in [4.69, 9.17) is 11.6 Å². The van der Waals surface area contributed by atoms with E-state index in [1.807, 2.05) is 36.5 Å². The lowest BCUT2D eigenvalue weighted by Crippen LogP contribution is -2.04. The molecule has 0 radical (unpaired) electrons. The van der Waals surface area contributed by atoms with E-state index in [2.05, 4.69) is 89.9 Å². The van der Waals surface area contributed by atoms with Gasteiger partial charge >= 0.3 is 6.18 Å². The van der Waals surface area contributed by atoms with Gasteiger partial charge in [0.15, 0.2) is 0 Å². The number of hydrogen-bond acceptors (Lipinski definition) is 1. The molecule has 43 heavy (non-hydrogen) atoms. The van der Waals surface area contributed by atoms with Crippen molar-refractivity contribution in [3.05, 3.63) is 150 Å². The van der Waals surface area contributed by atoms with E-state index in [9.17, 15) is 13.2 Å². The van der Waals surface area contributed by atoms with Gasteiger partial charge in [-0.2, -0.15) is 13.2 Å². The van der Waals surface area contributed by atoms with E-state index >= 15 is 0 Å². The van der Waals surface area contributed by atoms with Crippen molar-refractivity contribution in [1.82, 2.24) is 4.98 Å². The maximum absolute atomic E-state index is 13.3. The van der Waals surface area contributed by atoms with Crippen molar-refractivity contribution < 1.29 is 13.2 Å². The molecule has 7 rings (SSSR count). The molecule has 5 heteroatoms. The van der Waals surface area contributed by atoms with Gasteiger partial charge in [-0.1, -0.05) is 109 Å². The van der Waals surface area contributed by atoms with Gasteiger partial charge in [-0.3, -0.25) is 4.98 Å². The largest absolute Gasteiger partial charge is 0.416 e. The normalized spacial score (nSPS) is 11.7. The summed E-state index contributed by atoms with van der Waals surface area (Å²) in [5, 5.41) is 3.40. The average molecular weight is 586 g/mol. The van der Waals surface area contributed by atoms with Crippen LogP contribution in [0.15, 0.2) is 140 Å². The summed E-state index contributed by atoms with van der Waals surface area (Å²) in [6, 6.07) is 42.7. The highest BCUT2D eigenvalue weighted by Crippen LogP contribution is 2.36. The van der Waals surface area contributed by atoms with E-state index in [1.54, 1.807) is 6.07 Å². The Labute approximate surface area is 251 Å². The fraction of sp³-hybridized carbons (Fsp3) is 0.0263. The number of benzene rings is 6. The summed E-state index contributed by atoms with van der Waals surface area (Å²) in [7, 11) is 0. The monoisotopic (exact) mass is 585 g/mol. The molecule has 0 bridgehead atoms. The fourth-order valence-corrected chi connectivity index (χ4v) is 5.80.